The third-order valence-electron chi connectivity index (χ3n) is 3.71. The average molecular weight is 343 g/mol. The molecule has 0 aliphatic rings. The van der Waals surface area contributed by atoms with Gasteiger partial charge in [0.05, 0.1) is 19.8 Å². The highest BCUT2D eigenvalue weighted by molar-refractivity contribution is 5.96. The van der Waals surface area contributed by atoms with Gasteiger partial charge in [-0.15, -0.1) is 0 Å². The van der Waals surface area contributed by atoms with E-state index in [-0.39, 0.29) is 5.91 Å². The highest BCUT2D eigenvalue weighted by Gasteiger charge is 2.22. The van der Waals surface area contributed by atoms with Gasteiger partial charge < -0.3 is 19.1 Å². The fourth-order valence-corrected chi connectivity index (χ4v) is 2.30. The molecule has 6 heteroatoms. The summed E-state index contributed by atoms with van der Waals surface area (Å²) in [5.41, 5.74) is 1.11. The zero-order chi connectivity index (χ0) is 18.4. The molecule has 25 heavy (non-hydrogen) atoms. The van der Waals surface area contributed by atoms with Crippen LogP contribution in [0.2, 0.25) is 0 Å². The van der Waals surface area contributed by atoms with Crippen molar-refractivity contribution >= 4 is 17.6 Å². The van der Waals surface area contributed by atoms with E-state index in [1.807, 2.05) is 30.3 Å². The zero-order valence-corrected chi connectivity index (χ0v) is 14.7. The predicted octanol–water partition coefficient (Wildman–Crippen LogP) is 2.91. The Morgan fingerprint density at radius 2 is 1.68 bits per heavy atom. The van der Waals surface area contributed by atoms with Crippen LogP contribution in [0.15, 0.2) is 48.5 Å². The first-order chi connectivity index (χ1) is 12.0. The first-order valence-corrected chi connectivity index (χ1v) is 7.73. The number of carbonyl (C=O) groups excluding carboxylic acids is 2. The van der Waals surface area contributed by atoms with E-state index < -0.39 is 12.1 Å². The molecule has 0 bridgehead atoms. The number of hydrogen-bond donors (Lipinski definition) is 0. The second kappa shape index (κ2) is 8.19. The number of para-hydroxylation sites is 1. The van der Waals surface area contributed by atoms with Crippen LogP contribution in [-0.2, 0) is 9.53 Å². The number of esters is 1. The van der Waals surface area contributed by atoms with Crippen LogP contribution in [0.5, 0.6) is 11.5 Å². The molecule has 0 heterocycles. The third-order valence-corrected chi connectivity index (χ3v) is 3.71. The highest BCUT2D eigenvalue weighted by atomic mass is 16.5. The van der Waals surface area contributed by atoms with Gasteiger partial charge in [-0.2, -0.15) is 0 Å². The topological polar surface area (TPSA) is 65.1 Å². The fraction of sp³-hybridized carbons (Fsp3) is 0.263. The lowest BCUT2D eigenvalue weighted by Crippen LogP contribution is -2.38. The number of benzene rings is 2. The summed E-state index contributed by atoms with van der Waals surface area (Å²) in [6.07, 6.45) is -0.733. The normalized spacial score (nSPS) is 11.4. The van der Waals surface area contributed by atoms with Gasteiger partial charge in [0.25, 0.3) is 5.91 Å². The van der Waals surface area contributed by atoms with Crippen molar-refractivity contribution in [3.05, 3.63) is 54.1 Å². The molecule has 132 valence electrons. The maximum absolute atomic E-state index is 12.6. The van der Waals surface area contributed by atoms with Crippen molar-refractivity contribution < 1.29 is 23.8 Å². The molecule has 0 N–H and O–H groups in total. The van der Waals surface area contributed by atoms with E-state index in [0.29, 0.717) is 17.1 Å². The van der Waals surface area contributed by atoms with Crippen LogP contribution in [-0.4, -0.2) is 39.2 Å². The SMILES string of the molecule is COC(=O)c1ccc(O[C@@H](C)C(=O)N(C)c2ccccc2)c(OC)c1. The van der Waals surface area contributed by atoms with Crippen molar-refractivity contribution in [1.82, 2.24) is 0 Å². The van der Waals surface area contributed by atoms with E-state index in [0.717, 1.165) is 5.69 Å². The minimum absolute atomic E-state index is 0.203. The number of likely N-dealkylation sites (N-methyl/N-ethyl adjacent to an activating group) is 1. The summed E-state index contributed by atoms with van der Waals surface area (Å²) in [6, 6.07) is 13.9. The molecule has 0 unspecified atom stereocenters. The van der Waals surface area contributed by atoms with Crippen molar-refractivity contribution in [2.75, 3.05) is 26.2 Å². The maximum atomic E-state index is 12.6. The first-order valence-electron chi connectivity index (χ1n) is 7.73. The van der Waals surface area contributed by atoms with Crippen molar-refractivity contribution in [2.24, 2.45) is 0 Å². The van der Waals surface area contributed by atoms with Crippen LogP contribution < -0.4 is 14.4 Å². The van der Waals surface area contributed by atoms with Gasteiger partial charge in [0.1, 0.15) is 0 Å². The summed E-state index contributed by atoms with van der Waals surface area (Å²) < 4.78 is 15.7. The largest absolute Gasteiger partial charge is 0.493 e. The Kier molecular flexibility index (Phi) is 6.00. The van der Waals surface area contributed by atoms with Crippen molar-refractivity contribution in [2.45, 2.75) is 13.0 Å². The number of rotatable bonds is 6. The second-order valence-electron chi connectivity index (χ2n) is 5.35. The molecular formula is C19H21NO5. The summed E-state index contributed by atoms with van der Waals surface area (Å²) in [5.74, 6) is 0.0467. The number of ether oxygens (including phenoxy) is 3. The molecule has 0 spiro atoms. The summed E-state index contributed by atoms with van der Waals surface area (Å²) in [5, 5.41) is 0. The first kappa shape index (κ1) is 18.3. The van der Waals surface area contributed by atoms with Gasteiger partial charge >= 0.3 is 5.97 Å². The molecule has 0 radical (unpaired) electrons. The minimum atomic E-state index is -0.733. The van der Waals surface area contributed by atoms with Crippen molar-refractivity contribution in [1.29, 1.82) is 0 Å². The predicted molar refractivity (Wildman–Crippen MR) is 94.3 cm³/mol. The monoisotopic (exact) mass is 343 g/mol. The van der Waals surface area contributed by atoms with Crippen LogP contribution in [0, 0.1) is 0 Å². The van der Waals surface area contributed by atoms with Gasteiger partial charge in [0.2, 0.25) is 0 Å². The van der Waals surface area contributed by atoms with Crippen LogP contribution >= 0.6 is 0 Å². The molecule has 0 aliphatic carbocycles. The number of carbonyl (C=O) groups is 2. The molecule has 0 saturated carbocycles. The van der Waals surface area contributed by atoms with Crippen LogP contribution in [0.1, 0.15) is 17.3 Å². The number of nitrogens with zero attached hydrogens (tertiary/aromatic N) is 1. The maximum Gasteiger partial charge on any atom is 0.337 e. The highest BCUT2D eigenvalue weighted by Crippen LogP contribution is 2.29. The fourth-order valence-electron chi connectivity index (χ4n) is 2.30. The van der Waals surface area contributed by atoms with Crippen molar-refractivity contribution in [3.8, 4) is 11.5 Å². The van der Waals surface area contributed by atoms with Gasteiger partial charge in [-0.25, -0.2) is 4.79 Å². The standard InChI is InChI=1S/C19H21NO5/c1-13(18(21)20(2)15-8-6-5-7-9-15)25-16-11-10-14(19(22)24-4)12-17(16)23-3/h5-13H,1-4H3/t13-/m0/s1. The number of hydrogen-bond acceptors (Lipinski definition) is 5. The average Bonchev–Trinajstić information content (AvgIpc) is 2.66. The Labute approximate surface area is 146 Å². The van der Waals surface area contributed by atoms with Crippen LogP contribution in [0.25, 0.3) is 0 Å². The molecule has 1 atom stereocenters. The van der Waals surface area contributed by atoms with Gasteiger partial charge in [-0.1, -0.05) is 18.2 Å². The summed E-state index contributed by atoms with van der Waals surface area (Å²) in [7, 11) is 4.46. The number of amides is 1. The lowest BCUT2D eigenvalue weighted by atomic mass is 10.2. The number of anilines is 1. The molecule has 0 fully saturated rings. The quantitative estimate of drug-likeness (QED) is 0.755. The zero-order valence-electron chi connectivity index (χ0n) is 14.7. The molecule has 2 aromatic rings. The Bertz CT molecular complexity index is 745. The lowest BCUT2D eigenvalue weighted by molar-refractivity contribution is -0.124. The molecule has 0 aliphatic heterocycles. The van der Waals surface area contributed by atoms with Crippen LogP contribution in [0.4, 0.5) is 5.69 Å². The Hall–Kier alpha value is -3.02. The minimum Gasteiger partial charge on any atom is -0.493 e. The van der Waals surface area contributed by atoms with E-state index in [2.05, 4.69) is 4.74 Å². The molecular weight excluding hydrogens is 322 g/mol. The molecule has 2 rings (SSSR count). The second-order valence-corrected chi connectivity index (χ2v) is 5.35. The van der Waals surface area contributed by atoms with Crippen molar-refractivity contribution in [3.63, 3.8) is 0 Å². The van der Waals surface area contributed by atoms with Gasteiger partial charge in [-0.3, -0.25) is 4.79 Å². The molecule has 6 nitrogen and oxygen atoms in total. The number of methoxy groups -OCH3 is 2. The summed E-state index contributed by atoms with van der Waals surface area (Å²) >= 11 is 0. The van der Waals surface area contributed by atoms with Crippen LogP contribution in [0.3, 0.4) is 0 Å². The summed E-state index contributed by atoms with van der Waals surface area (Å²) in [4.78, 5) is 25.7. The molecule has 0 aromatic heterocycles. The molecule has 2 aromatic carbocycles. The van der Waals surface area contributed by atoms with Gasteiger partial charge in [0, 0.05) is 12.7 Å². The molecule has 0 saturated heterocycles. The van der Waals surface area contributed by atoms with E-state index in [9.17, 15) is 9.59 Å². The van der Waals surface area contributed by atoms with E-state index in [1.165, 1.54) is 25.2 Å². The third kappa shape index (κ3) is 4.29. The summed E-state index contributed by atoms with van der Waals surface area (Å²) in [6.45, 7) is 1.66. The Balaban J connectivity index is 2.15. The Morgan fingerprint density at radius 3 is 2.28 bits per heavy atom. The van der Waals surface area contributed by atoms with E-state index in [1.54, 1.807) is 26.1 Å². The van der Waals surface area contributed by atoms with E-state index >= 15 is 0 Å². The lowest BCUT2D eigenvalue weighted by Gasteiger charge is -2.23. The van der Waals surface area contributed by atoms with Gasteiger partial charge in [-0.05, 0) is 37.3 Å². The Morgan fingerprint density at radius 1 is 1.00 bits per heavy atom. The van der Waals surface area contributed by atoms with E-state index in [4.69, 9.17) is 9.47 Å². The molecule has 1 amide bonds. The van der Waals surface area contributed by atoms with Gasteiger partial charge in [0.15, 0.2) is 17.6 Å². The smallest absolute Gasteiger partial charge is 0.337 e.